The van der Waals surface area contributed by atoms with E-state index in [0.29, 0.717) is 11.8 Å². The third kappa shape index (κ3) is 4.47. The van der Waals surface area contributed by atoms with Crippen LogP contribution in [0.25, 0.3) is 0 Å². The summed E-state index contributed by atoms with van der Waals surface area (Å²) in [5.74, 6) is 2.89. The van der Waals surface area contributed by atoms with E-state index in [1.165, 1.54) is 0 Å². The predicted molar refractivity (Wildman–Crippen MR) is 71.8 cm³/mol. The van der Waals surface area contributed by atoms with Crippen molar-refractivity contribution in [3.8, 4) is 5.75 Å². The molecule has 0 bridgehead atoms. The molecule has 3 heteroatoms. The van der Waals surface area contributed by atoms with Crippen molar-refractivity contribution in [2.75, 3.05) is 12.4 Å². The summed E-state index contributed by atoms with van der Waals surface area (Å²) >= 11 is 7.75. The van der Waals surface area contributed by atoms with Gasteiger partial charge in [0.1, 0.15) is 5.75 Å². The number of rotatable bonds is 5. The molecule has 0 amide bonds. The van der Waals surface area contributed by atoms with Crippen LogP contribution in [0.4, 0.5) is 0 Å². The van der Waals surface area contributed by atoms with Gasteiger partial charge in [0, 0.05) is 10.4 Å². The van der Waals surface area contributed by atoms with Crippen molar-refractivity contribution in [1.29, 1.82) is 0 Å². The highest BCUT2D eigenvalue weighted by Gasteiger charge is 2.12. The minimum atomic E-state index is 0.507. The fourth-order valence-corrected chi connectivity index (χ4v) is 2.12. The second-order valence-corrected chi connectivity index (χ2v) is 5.24. The summed E-state index contributed by atoms with van der Waals surface area (Å²) in [6, 6.07) is 7.92. The van der Waals surface area contributed by atoms with Gasteiger partial charge in [-0.1, -0.05) is 35.8 Å². The van der Waals surface area contributed by atoms with Gasteiger partial charge < -0.3 is 4.74 Å². The summed E-state index contributed by atoms with van der Waals surface area (Å²) in [4.78, 5) is 0. The maximum Gasteiger partial charge on any atom is 0.120 e. The van der Waals surface area contributed by atoms with Gasteiger partial charge in [-0.3, -0.25) is 0 Å². The van der Waals surface area contributed by atoms with Crippen molar-refractivity contribution in [1.82, 2.24) is 0 Å². The van der Waals surface area contributed by atoms with E-state index >= 15 is 0 Å². The number of thiol groups is 1. The molecule has 1 rings (SSSR count). The Labute approximate surface area is 106 Å². The minimum absolute atomic E-state index is 0.507. The van der Waals surface area contributed by atoms with Gasteiger partial charge in [-0.15, -0.1) is 0 Å². The first kappa shape index (κ1) is 12.9. The van der Waals surface area contributed by atoms with Crippen LogP contribution in [0.5, 0.6) is 5.75 Å². The molecule has 0 aliphatic carbocycles. The minimum Gasteiger partial charge on any atom is -0.493 e. The molecular weight excluding hydrogens is 272 g/mol. The zero-order valence-electron chi connectivity index (χ0n) is 9.11. The molecule has 0 aromatic heterocycles. The summed E-state index contributed by atoms with van der Waals surface area (Å²) in [7, 11) is 0. The highest BCUT2D eigenvalue weighted by Crippen LogP contribution is 2.20. The van der Waals surface area contributed by atoms with Gasteiger partial charge in [0.15, 0.2) is 0 Å². The normalized spacial score (nSPS) is 12.9. The molecule has 1 unspecified atom stereocenters. The number of hydrogen-bond acceptors (Lipinski definition) is 2. The van der Waals surface area contributed by atoms with Crippen LogP contribution < -0.4 is 4.74 Å². The zero-order valence-corrected chi connectivity index (χ0v) is 11.6. The third-order valence-corrected chi connectivity index (χ3v) is 3.40. The van der Waals surface area contributed by atoms with E-state index in [1.807, 2.05) is 24.3 Å². The monoisotopic (exact) mass is 288 g/mol. The second kappa shape index (κ2) is 6.44. The molecule has 1 atom stereocenters. The van der Waals surface area contributed by atoms with Crippen molar-refractivity contribution in [2.24, 2.45) is 11.8 Å². The van der Waals surface area contributed by atoms with Gasteiger partial charge in [-0.25, -0.2) is 0 Å². The van der Waals surface area contributed by atoms with Crippen LogP contribution >= 0.6 is 28.6 Å². The molecule has 1 aromatic carbocycles. The summed E-state index contributed by atoms with van der Waals surface area (Å²) < 4.78 is 6.77. The standard InChI is InChI=1S/C12H17BrOS/c1-9(2)10(8-15)7-14-12-5-3-4-11(13)6-12/h3-6,9-10,15H,7-8H2,1-2H3. The number of halogens is 1. The predicted octanol–water partition coefficient (Wildman–Crippen LogP) is 4.03. The molecule has 0 saturated carbocycles. The first-order chi connectivity index (χ1) is 7.13. The molecule has 0 heterocycles. The Morgan fingerprint density at radius 1 is 1.40 bits per heavy atom. The number of ether oxygens (including phenoxy) is 1. The van der Waals surface area contributed by atoms with Gasteiger partial charge in [-0.05, 0) is 29.9 Å². The molecule has 0 N–H and O–H groups in total. The van der Waals surface area contributed by atoms with E-state index in [1.54, 1.807) is 0 Å². The van der Waals surface area contributed by atoms with E-state index in [4.69, 9.17) is 4.74 Å². The lowest BCUT2D eigenvalue weighted by Crippen LogP contribution is -2.19. The first-order valence-corrected chi connectivity index (χ1v) is 6.55. The lowest BCUT2D eigenvalue weighted by Gasteiger charge is -2.19. The van der Waals surface area contributed by atoms with Crippen molar-refractivity contribution in [3.05, 3.63) is 28.7 Å². The first-order valence-electron chi connectivity index (χ1n) is 5.12. The molecule has 1 nitrogen and oxygen atoms in total. The summed E-state index contributed by atoms with van der Waals surface area (Å²) in [6.45, 7) is 5.13. The molecule has 15 heavy (non-hydrogen) atoms. The zero-order chi connectivity index (χ0) is 11.3. The van der Waals surface area contributed by atoms with Gasteiger partial charge in [0.2, 0.25) is 0 Å². The maximum absolute atomic E-state index is 5.72. The SMILES string of the molecule is CC(C)C(CS)COc1cccc(Br)c1. The average molecular weight is 289 g/mol. The van der Waals surface area contributed by atoms with E-state index in [0.717, 1.165) is 22.6 Å². The molecule has 0 fully saturated rings. The van der Waals surface area contributed by atoms with Crippen LogP contribution in [-0.2, 0) is 0 Å². The largest absolute Gasteiger partial charge is 0.493 e. The highest BCUT2D eigenvalue weighted by atomic mass is 79.9. The van der Waals surface area contributed by atoms with E-state index < -0.39 is 0 Å². The molecule has 84 valence electrons. The Morgan fingerprint density at radius 3 is 2.67 bits per heavy atom. The molecule has 1 aromatic rings. The molecule has 0 saturated heterocycles. The number of benzene rings is 1. The fraction of sp³-hybridized carbons (Fsp3) is 0.500. The lowest BCUT2D eigenvalue weighted by atomic mass is 9.99. The Morgan fingerprint density at radius 2 is 2.13 bits per heavy atom. The van der Waals surface area contributed by atoms with Gasteiger partial charge in [-0.2, -0.15) is 12.6 Å². The van der Waals surface area contributed by atoms with Crippen LogP contribution in [-0.4, -0.2) is 12.4 Å². The lowest BCUT2D eigenvalue weighted by molar-refractivity contribution is 0.227. The summed E-state index contributed by atoms with van der Waals surface area (Å²) in [5, 5.41) is 0. The van der Waals surface area contributed by atoms with Crippen molar-refractivity contribution >= 4 is 28.6 Å². The molecule has 0 aliphatic heterocycles. The topological polar surface area (TPSA) is 9.23 Å². The van der Waals surface area contributed by atoms with Gasteiger partial charge in [0.05, 0.1) is 6.61 Å². The Hall–Kier alpha value is -0.150. The Kier molecular flexibility index (Phi) is 5.54. The Balaban J connectivity index is 2.49. The summed E-state index contributed by atoms with van der Waals surface area (Å²) in [6.07, 6.45) is 0. The van der Waals surface area contributed by atoms with E-state index in [-0.39, 0.29) is 0 Å². The molecular formula is C12H17BrOS. The van der Waals surface area contributed by atoms with Crippen LogP contribution in [0.1, 0.15) is 13.8 Å². The Bertz CT molecular complexity index is 301. The average Bonchev–Trinajstić information content (AvgIpc) is 2.18. The smallest absolute Gasteiger partial charge is 0.120 e. The van der Waals surface area contributed by atoms with Crippen LogP contribution in [0.3, 0.4) is 0 Å². The molecule has 0 spiro atoms. The molecule has 0 radical (unpaired) electrons. The number of hydrogen-bond donors (Lipinski definition) is 1. The second-order valence-electron chi connectivity index (χ2n) is 3.96. The van der Waals surface area contributed by atoms with Crippen LogP contribution in [0.2, 0.25) is 0 Å². The van der Waals surface area contributed by atoms with E-state index in [9.17, 15) is 0 Å². The fourth-order valence-electron chi connectivity index (χ4n) is 1.22. The van der Waals surface area contributed by atoms with Gasteiger partial charge >= 0.3 is 0 Å². The third-order valence-electron chi connectivity index (χ3n) is 2.44. The van der Waals surface area contributed by atoms with Crippen molar-refractivity contribution in [3.63, 3.8) is 0 Å². The molecule has 0 aliphatic rings. The van der Waals surface area contributed by atoms with Crippen LogP contribution in [0, 0.1) is 11.8 Å². The van der Waals surface area contributed by atoms with Crippen molar-refractivity contribution < 1.29 is 4.74 Å². The summed E-state index contributed by atoms with van der Waals surface area (Å²) in [5.41, 5.74) is 0. The maximum atomic E-state index is 5.72. The van der Waals surface area contributed by atoms with Crippen LogP contribution in [0.15, 0.2) is 28.7 Å². The van der Waals surface area contributed by atoms with Gasteiger partial charge in [0.25, 0.3) is 0 Å². The van der Waals surface area contributed by atoms with Crippen molar-refractivity contribution in [2.45, 2.75) is 13.8 Å². The highest BCUT2D eigenvalue weighted by molar-refractivity contribution is 9.10. The van der Waals surface area contributed by atoms with E-state index in [2.05, 4.69) is 42.4 Å². The quantitative estimate of drug-likeness (QED) is 0.805.